The van der Waals surface area contributed by atoms with E-state index in [-0.39, 0.29) is 23.1 Å². The number of nitrogen functional groups attached to an aromatic ring is 1. The van der Waals surface area contributed by atoms with Crippen LogP contribution in [0.3, 0.4) is 0 Å². The Morgan fingerprint density at radius 3 is 2.50 bits per heavy atom. The normalized spacial score (nSPS) is 15.8. The minimum Gasteiger partial charge on any atom is -0.488 e. The summed E-state index contributed by atoms with van der Waals surface area (Å²) in [5, 5.41) is 2.57. The van der Waals surface area contributed by atoms with Crippen molar-refractivity contribution >= 4 is 17.3 Å². The monoisotopic (exact) mass is 421 g/mol. The van der Waals surface area contributed by atoms with Crippen LogP contribution in [0.4, 0.5) is 24.5 Å². The Balaban J connectivity index is 1.84. The summed E-state index contributed by atoms with van der Waals surface area (Å²) < 4.78 is 45.7. The second kappa shape index (κ2) is 8.95. The molecule has 1 fully saturated rings. The Bertz CT molecular complexity index is 907. The Hall–Kier alpha value is -2.74. The van der Waals surface area contributed by atoms with Crippen molar-refractivity contribution in [2.45, 2.75) is 39.0 Å². The summed E-state index contributed by atoms with van der Waals surface area (Å²) in [7, 11) is 0. The number of anilines is 2. The van der Waals surface area contributed by atoms with E-state index in [4.69, 9.17) is 10.5 Å². The zero-order valence-corrected chi connectivity index (χ0v) is 17.1. The lowest BCUT2D eigenvalue weighted by Crippen LogP contribution is -2.38. The first-order chi connectivity index (χ1) is 14.2. The summed E-state index contributed by atoms with van der Waals surface area (Å²) in [6.07, 6.45) is -3.10. The van der Waals surface area contributed by atoms with Crippen molar-refractivity contribution in [3.05, 3.63) is 53.1 Å². The lowest BCUT2D eigenvalue weighted by Gasteiger charge is -2.31. The zero-order valence-electron chi connectivity index (χ0n) is 17.1. The second-order valence-electron chi connectivity index (χ2n) is 7.49. The molecule has 0 radical (unpaired) electrons. The van der Waals surface area contributed by atoms with Crippen LogP contribution in [0.1, 0.15) is 41.3 Å². The molecule has 2 aromatic carbocycles. The summed E-state index contributed by atoms with van der Waals surface area (Å²) in [6, 6.07) is 7.92. The van der Waals surface area contributed by atoms with E-state index in [9.17, 15) is 18.0 Å². The number of ether oxygens (including phenoxy) is 1. The van der Waals surface area contributed by atoms with Gasteiger partial charge in [-0.2, -0.15) is 13.2 Å². The Kier molecular flexibility index (Phi) is 6.55. The van der Waals surface area contributed by atoms with E-state index in [1.165, 1.54) is 12.1 Å². The van der Waals surface area contributed by atoms with Crippen LogP contribution in [0.15, 0.2) is 36.4 Å². The van der Waals surface area contributed by atoms with Crippen molar-refractivity contribution in [2.75, 3.05) is 30.7 Å². The summed E-state index contributed by atoms with van der Waals surface area (Å²) in [6.45, 7) is 6.58. The molecule has 1 aliphatic rings. The van der Waals surface area contributed by atoms with Crippen LogP contribution in [0.5, 0.6) is 5.75 Å². The predicted molar refractivity (Wildman–Crippen MR) is 111 cm³/mol. The van der Waals surface area contributed by atoms with Gasteiger partial charge in [0, 0.05) is 24.3 Å². The zero-order chi connectivity index (χ0) is 21.9. The van der Waals surface area contributed by atoms with Gasteiger partial charge in [-0.1, -0.05) is 13.0 Å². The molecule has 0 saturated carbocycles. The topological polar surface area (TPSA) is 67.6 Å². The molecule has 30 heavy (non-hydrogen) atoms. The van der Waals surface area contributed by atoms with E-state index >= 15 is 0 Å². The van der Waals surface area contributed by atoms with Gasteiger partial charge in [-0.05, 0) is 62.2 Å². The highest BCUT2D eigenvalue weighted by Crippen LogP contribution is 2.36. The molecule has 1 amide bonds. The van der Waals surface area contributed by atoms with Crippen molar-refractivity contribution in [2.24, 2.45) is 0 Å². The maximum Gasteiger partial charge on any atom is 0.416 e. The van der Waals surface area contributed by atoms with Crippen LogP contribution in [-0.4, -0.2) is 36.5 Å². The summed E-state index contributed by atoms with van der Waals surface area (Å²) in [5.74, 6) is -0.321. The van der Waals surface area contributed by atoms with E-state index in [0.717, 1.165) is 50.2 Å². The predicted octanol–water partition coefficient (Wildman–Crippen LogP) is 4.71. The Labute approximate surface area is 174 Å². The van der Waals surface area contributed by atoms with E-state index in [1.807, 2.05) is 0 Å². The molecular formula is C22H26F3N3O2. The molecule has 1 heterocycles. The number of nitrogens with one attached hydrogen (secondary N) is 1. The number of rotatable bonds is 5. The van der Waals surface area contributed by atoms with Crippen molar-refractivity contribution in [1.82, 2.24) is 4.90 Å². The van der Waals surface area contributed by atoms with E-state index < -0.39 is 17.6 Å². The first-order valence-corrected chi connectivity index (χ1v) is 9.95. The third kappa shape index (κ3) is 5.24. The number of amides is 1. The minimum absolute atomic E-state index is 0.00751. The van der Waals surface area contributed by atoms with Crippen molar-refractivity contribution < 1.29 is 22.7 Å². The molecule has 8 heteroatoms. The highest BCUT2D eigenvalue weighted by atomic mass is 19.4. The van der Waals surface area contributed by atoms with E-state index in [2.05, 4.69) is 17.1 Å². The highest BCUT2D eigenvalue weighted by Gasteiger charge is 2.32. The fourth-order valence-electron chi connectivity index (χ4n) is 3.41. The molecule has 0 aromatic heterocycles. The second-order valence-corrected chi connectivity index (χ2v) is 7.49. The van der Waals surface area contributed by atoms with Crippen LogP contribution in [0.25, 0.3) is 0 Å². The SMILES string of the molecule is CCN1CCC(Oc2ccc(C(F)(F)F)cc2NC(=O)c2ccc(C)c(N)c2)CC1. The van der Waals surface area contributed by atoms with Gasteiger partial charge in [0.2, 0.25) is 0 Å². The average molecular weight is 421 g/mol. The van der Waals surface area contributed by atoms with Gasteiger partial charge in [0.1, 0.15) is 11.9 Å². The molecule has 3 N–H and O–H groups in total. The number of benzene rings is 2. The van der Waals surface area contributed by atoms with Crippen LogP contribution >= 0.6 is 0 Å². The summed E-state index contributed by atoms with van der Waals surface area (Å²) >= 11 is 0. The van der Waals surface area contributed by atoms with Gasteiger partial charge < -0.3 is 20.7 Å². The van der Waals surface area contributed by atoms with Gasteiger partial charge in [0.25, 0.3) is 5.91 Å². The number of nitrogens with zero attached hydrogens (tertiary/aromatic N) is 1. The van der Waals surface area contributed by atoms with Crippen LogP contribution in [-0.2, 0) is 6.18 Å². The quantitative estimate of drug-likeness (QED) is 0.686. The first kappa shape index (κ1) is 22.0. The lowest BCUT2D eigenvalue weighted by atomic mass is 10.1. The Morgan fingerprint density at radius 2 is 1.90 bits per heavy atom. The average Bonchev–Trinajstić information content (AvgIpc) is 2.71. The molecule has 162 valence electrons. The maximum atomic E-state index is 13.2. The number of carbonyl (C=O) groups excluding carboxylic acids is 1. The van der Waals surface area contributed by atoms with Gasteiger partial charge >= 0.3 is 6.18 Å². The number of nitrogens with two attached hydrogens (primary N) is 1. The van der Waals surface area contributed by atoms with Crippen LogP contribution < -0.4 is 15.8 Å². The lowest BCUT2D eigenvalue weighted by molar-refractivity contribution is -0.137. The number of carbonyl (C=O) groups is 1. The van der Waals surface area contributed by atoms with E-state index in [1.54, 1.807) is 19.1 Å². The largest absolute Gasteiger partial charge is 0.488 e. The maximum absolute atomic E-state index is 13.2. The number of aryl methyl sites for hydroxylation is 1. The summed E-state index contributed by atoms with van der Waals surface area (Å²) in [5.41, 5.74) is 6.50. The molecule has 3 rings (SSSR count). The molecule has 0 spiro atoms. The van der Waals surface area contributed by atoms with Gasteiger partial charge in [-0.3, -0.25) is 4.79 Å². The number of likely N-dealkylation sites (tertiary alicyclic amines) is 1. The standard InChI is InChI=1S/C22H26F3N3O2/c1-3-28-10-8-17(9-11-28)30-20-7-6-16(22(23,24)25)13-19(20)27-21(29)15-5-4-14(2)18(26)12-15/h4-7,12-13,17H,3,8-11,26H2,1-2H3,(H,27,29). The van der Waals surface area contributed by atoms with Crippen LogP contribution in [0.2, 0.25) is 0 Å². The number of hydrogen-bond acceptors (Lipinski definition) is 4. The van der Waals surface area contributed by atoms with Crippen molar-refractivity contribution in [3.63, 3.8) is 0 Å². The first-order valence-electron chi connectivity index (χ1n) is 9.95. The van der Waals surface area contributed by atoms with Gasteiger partial charge in [-0.25, -0.2) is 0 Å². The van der Waals surface area contributed by atoms with E-state index in [0.29, 0.717) is 5.69 Å². The van der Waals surface area contributed by atoms with Crippen molar-refractivity contribution in [3.8, 4) is 5.75 Å². The molecule has 2 aromatic rings. The van der Waals surface area contributed by atoms with Gasteiger partial charge in [-0.15, -0.1) is 0 Å². The Morgan fingerprint density at radius 1 is 1.20 bits per heavy atom. The molecule has 1 aliphatic heterocycles. The molecule has 5 nitrogen and oxygen atoms in total. The third-order valence-corrected chi connectivity index (χ3v) is 5.37. The van der Waals surface area contributed by atoms with Gasteiger partial charge in [0.15, 0.2) is 0 Å². The van der Waals surface area contributed by atoms with Crippen LogP contribution in [0, 0.1) is 6.92 Å². The number of piperidine rings is 1. The molecular weight excluding hydrogens is 395 g/mol. The molecule has 0 aliphatic carbocycles. The third-order valence-electron chi connectivity index (χ3n) is 5.37. The molecule has 0 unspecified atom stereocenters. The number of alkyl halides is 3. The minimum atomic E-state index is -4.53. The fraction of sp³-hybridized carbons (Fsp3) is 0.409. The van der Waals surface area contributed by atoms with Gasteiger partial charge in [0.05, 0.1) is 11.3 Å². The molecule has 1 saturated heterocycles. The smallest absolute Gasteiger partial charge is 0.416 e. The highest BCUT2D eigenvalue weighted by molar-refractivity contribution is 6.05. The summed E-state index contributed by atoms with van der Waals surface area (Å²) in [4.78, 5) is 14.9. The number of hydrogen-bond donors (Lipinski definition) is 2. The molecule has 0 bridgehead atoms. The fourth-order valence-corrected chi connectivity index (χ4v) is 3.41. The van der Waals surface area contributed by atoms with Crippen molar-refractivity contribution in [1.29, 1.82) is 0 Å². The molecule has 0 atom stereocenters. The number of halogens is 3.